The van der Waals surface area contributed by atoms with E-state index in [-0.39, 0.29) is 15.6 Å². The van der Waals surface area contributed by atoms with Gasteiger partial charge in [0, 0.05) is 23.8 Å². The Morgan fingerprint density at radius 2 is 1.92 bits per heavy atom. The molecule has 8 heteroatoms. The standard InChI is InChI=1S/C17H21BrClN3O2S/c1-22(12-13-6-3-2-4-7-13)9-5-8-21-25(23,24)16-11-14(19)10-15(20)17(16)18/h2-4,6-7,10-11,21H,5,8-9,12,20H2,1H3. The van der Waals surface area contributed by atoms with Crippen LogP contribution in [-0.4, -0.2) is 33.5 Å². The van der Waals surface area contributed by atoms with Gasteiger partial charge in [0.15, 0.2) is 0 Å². The van der Waals surface area contributed by atoms with Crippen molar-refractivity contribution < 1.29 is 8.42 Å². The van der Waals surface area contributed by atoms with Gasteiger partial charge in [0.05, 0.1) is 9.37 Å². The number of nitrogen functional groups attached to an aromatic ring is 1. The second-order valence-electron chi connectivity index (χ2n) is 5.78. The summed E-state index contributed by atoms with van der Waals surface area (Å²) < 4.78 is 27.8. The first-order valence-corrected chi connectivity index (χ1v) is 10.4. The van der Waals surface area contributed by atoms with E-state index in [1.807, 2.05) is 25.2 Å². The highest BCUT2D eigenvalue weighted by atomic mass is 79.9. The van der Waals surface area contributed by atoms with Crippen molar-refractivity contribution in [1.29, 1.82) is 0 Å². The molecule has 0 unspecified atom stereocenters. The smallest absolute Gasteiger partial charge is 0.241 e. The zero-order valence-corrected chi connectivity index (χ0v) is 17.0. The Hall–Kier alpha value is -1.12. The Kier molecular flexibility index (Phi) is 7.27. The minimum Gasteiger partial charge on any atom is -0.398 e. The Morgan fingerprint density at radius 3 is 2.60 bits per heavy atom. The van der Waals surface area contributed by atoms with E-state index in [4.69, 9.17) is 17.3 Å². The Balaban J connectivity index is 1.86. The average molecular weight is 447 g/mol. The molecule has 0 heterocycles. The van der Waals surface area contributed by atoms with Gasteiger partial charge >= 0.3 is 0 Å². The molecule has 0 aromatic heterocycles. The minimum absolute atomic E-state index is 0.0511. The molecule has 0 saturated carbocycles. The summed E-state index contributed by atoms with van der Waals surface area (Å²) >= 11 is 9.12. The zero-order chi connectivity index (χ0) is 18.4. The fraction of sp³-hybridized carbons (Fsp3) is 0.294. The molecule has 0 saturated heterocycles. The zero-order valence-electron chi connectivity index (χ0n) is 13.9. The van der Waals surface area contributed by atoms with Crippen LogP contribution in [0.15, 0.2) is 51.8 Å². The van der Waals surface area contributed by atoms with Crippen molar-refractivity contribution in [2.75, 3.05) is 25.9 Å². The number of hydrogen-bond donors (Lipinski definition) is 2. The van der Waals surface area contributed by atoms with E-state index >= 15 is 0 Å². The molecule has 0 radical (unpaired) electrons. The third kappa shape index (κ3) is 5.97. The molecule has 136 valence electrons. The predicted molar refractivity (Wildman–Crippen MR) is 106 cm³/mol. The van der Waals surface area contributed by atoms with Gasteiger partial charge in [-0.2, -0.15) is 0 Å². The van der Waals surface area contributed by atoms with Crippen molar-refractivity contribution in [3.05, 3.63) is 57.5 Å². The van der Waals surface area contributed by atoms with E-state index < -0.39 is 10.0 Å². The molecule has 0 aliphatic rings. The van der Waals surface area contributed by atoms with Gasteiger partial charge < -0.3 is 10.6 Å². The van der Waals surface area contributed by atoms with Crippen LogP contribution >= 0.6 is 27.5 Å². The SMILES string of the molecule is CN(CCCNS(=O)(=O)c1cc(Cl)cc(N)c1Br)Cc1ccccc1. The summed E-state index contributed by atoms with van der Waals surface area (Å²) in [5, 5.41) is 0.281. The van der Waals surface area contributed by atoms with Crippen molar-refractivity contribution in [1.82, 2.24) is 9.62 Å². The third-order valence-corrected chi connectivity index (χ3v) is 6.48. The van der Waals surface area contributed by atoms with Gasteiger partial charge in [0.25, 0.3) is 0 Å². The molecule has 0 spiro atoms. The maximum atomic E-state index is 12.4. The second kappa shape index (κ2) is 9.00. The van der Waals surface area contributed by atoms with Gasteiger partial charge in [-0.05, 0) is 53.6 Å². The molecule has 0 fully saturated rings. The minimum atomic E-state index is -3.67. The van der Waals surface area contributed by atoms with E-state index in [0.29, 0.717) is 17.4 Å². The quantitative estimate of drug-likeness (QED) is 0.481. The van der Waals surface area contributed by atoms with E-state index in [2.05, 4.69) is 37.7 Å². The van der Waals surface area contributed by atoms with Crippen LogP contribution in [0.4, 0.5) is 5.69 Å². The first-order valence-electron chi connectivity index (χ1n) is 7.76. The molecular weight excluding hydrogens is 426 g/mol. The number of halogens is 2. The van der Waals surface area contributed by atoms with E-state index in [1.54, 1.807) is 0 Å². The second-order valence-corrected chi connectivity index (χ2v) is 8.75. The number of sulfonamides is 1. The van der Waals surface area contributed by atoms with E-state index in [9.17, 15) is 8.42 Å². The Bertz CT molecular complexity index is 816. The van der Waals surface area contributed by atoms with Crippen LogP contribution < -0.4 is 10.5 Å². The van der Waals surface area contributed by atoms with E-state index in [1.165, 1.54) is 17.7 Å². The van der Waals surface area contributed by atoms with Crippen molar-refractivity contribution in [3.63, 3.8) is 0 Å². The first kappa shape index (κ1) is 20.2. The van der Waals surface area contributed by atoms with Gasteiger partial charge in [0.1, 0.15) is 0 Å². The monoisotopic (exact) mass is 445 g/mol. The summed E-state index contributed by atoms with van der Waals surface area (Å²) in [6.45, 7) is 1.93. The van der Waals surface area contributed by atoms with Gasteiger partial charge in [-0.15, -0.1) is 0 Å². The van der Waals surface area contributed by atoms with Crippen LogP contribution in [0.3, 0.4) is 0 Å². The molecule has 3 N–H and O–H groups in total. The lowest BCUT2D eigenvalue weighted by atomic mass is 10.2. The normalized spacial score (nSPS) is 11.8. The molecule has 5 nitrogen and oxygen atoms in total. The van der Waals surface area contributed by atoms with Crippen LogP contribution in [-0.2, 0) is 16.6 Å². The lowest BCUT2D eigenvalue weighted by molar-refractivity contribution is 0.322. The lowest BCUT2D eigenvalue weighted by Crippen LogP contribution is -2.28. The van der Waals surface area contributed by atoms with Crippen LogP contribution in [0.1, 0.15) is 12.0 Å². The maximum absolute atomic E-state index is 12.4. The number of anilines is 1. The Morgan fingerprint density at radius 1 is 1.24 bits per heavy atom. The van der Waals surface area contributed by atoms with Crippen LogP contribution in [0.5, 0.6) is 0 Å². The molecule has 0 aliphatic carbocycles. The van der Waals surface area contributed by atoms with Gasteiger partial charge in [-0.3, -0.25) is 0 Å². The molecule has 25 heavy (non-hydrogen) atoms. The maximum Gasteiger partial charge on any atom is 0.241 e. The highest BCUT2D eigenvalue weighted by Gasteiger charge is 2.19. The number of benzene rings is 2. The molecule has 2 aromatic rings. The van der Waals surface area contributed by atoms with Crippen molar-refractivity contribution in [2.45, 2.75) is 17.9 Å². The van der Waals surface area contributed by atoms with Gasteiger partial charge in [-0.1, -0.05) is 41.9 Å². The number of nitrogens with two attached hydrogens (primary N) is 1. The molecule has 0 atom stereocenters. The summed E-state index contributed by atoms with van der Waals surface area (Å²) in [5.41, 5.74) is 7.27. The molecule has 0 aliphatic heterocycles. The van der Waals surface area contributed by atoms with Crippen LogP contribution in [0.25, 0.3) is 0 Å². The lowest BCUT2D eigenvalue weighted by Gasteiger charge is -2.17. The molecule has 2 rings (SSSR count). The molecule has 0 bridgehead atoms. The third-order valence-electron chi connectivity index (χ3n) is 3.63. The number of hydrogen-bond acceptors (Lipinski definition) is 4. The summed E-state index contributed by atoms with van der Waals surface area (Å²) in [7, 11) is -1.66. The number of rotatable bonds is 8. The summed E-state index contributed by atoms with van der Waals surface area (Å²) in [4.78, 5) is 2.20. The predicted octanol–water partition coefficient (Wildman–Crippen LogP) is 3.49. The molecule has 2 aromatic carbocycles. The summed E-state index contributed by atoms with van der Waals surface area (Å²) in [6, 6.07) is 13.0. The van der Waals surface area contributed by atoms with E-state index in [0.717, 1.165) is 13.1 Å². The van der Waals surface area contributed by atoms with Crippen LogP contribution in [0.2, 0.25) is 5.02 Å². The van der Waals surface area contributed by atoms with Gasteiger partial charge in [0.2, 0.25) is 10.0 Å². The van der Waals surface area contributed by atoms with Crippen molar-refractivity contribution in [3.8, 4) is 0 Å². The van der Waals surface area contributed by atoms with Crippen molar-refractivity contribution in [2.24, 2.45) is 0 Å². The molecule has 0 amide bonds. The first-order chi connectivity index (χ1) is 11.8. The fourth-order valence-electron chi connectivity index (χ4n) is 2.39. The number of nitrogens with zero attached hydrogens (tertiary/aromatic N) is 1. The largest absolute Gasteiger partial charge is 0.398 e. The summed E-state index contributed by atoms with van der Waals surface area (Å²) in [6.07, 6.45) is 0.691. The van der Waals surface area contributed by atoms with Gasteiger partial charge in [-0.25, -0.2) is 13.1 Å². The summed E-state index contributed by atoms with van der Waals surface area (Å²) in [5.74, 6) is 0. The average Bonchev–Trinajstić information content (AvgIpc) is 2.56. The highest BCUT2D eigenvalue weighted by molar-refractivity contribution is 9.10. The van der Waals surface area contributed by atoms with Crippen molar-refractivity contribution >= 4 is 43.2 Å². The Labute approximate surface area is 162 Å². The fourth-order valence-corrected chi connectivity index (χ4v) is 4.75. The van der Waals surface area contributed by atoms with Crippen LogP contribution in [0, 0.1) is 0 Å². The molecular formula is C17H21BrClN3O2S. The number of nitrogens with one attached hydrogen (secondary N) is 1. The topological polar surface area (TPSA) is 75.4 Å². The highest BCUT2D eigenvalue weighted by Crippen LogP contribution is 2.31.